The fraction of sp³-hybridized carbons (Fsp3) is 0.312. The number of aryl methyl sites for hydroxylation is 1. The highest BCUT2D eigenvalue weighted by Crippen LogP contribution is 2.21. The molecule has 0 fully saturated rings. The average Bonchev–Trinajstić information content (AvgIpc) is 2.87. The topological polar surface area (TPSA) is 92.9 Å². The largest absolute Gasteiger partial charge is 0.393 e. The highest BCUT2D eigenvalue weighted by molar-refractivity contribution is 7.99. The molecule has 2 N–H and O–H groups in total. The zero-order valence-electron chi connectivity index (χ0n) is 13.4. The van der Waals surface area contributed by atoms with Gasteiger partial charge in [-0.1, -0.05) is 42.1 Å². The van der Waals surface area contributed by atoms with Crippen LogP contribution in [0.4, 0.5) is 0 Å². The van der Waals surface area contributed by atoms with E-state index in [2.05, 4.69) is 9.97 Å². The van der Waals surface area contributed by atoms with Crippen molar-refractivity contribution in [2.45, 2.75) is 24.7 Å². The van der Waals surface area contributed by atoms with Gasteiger partial charge in [0.15, 0.2) is 16.3 Å². The lowest BCUT2D eigenvalue weighted by Crippen LogP contribution is -2.31. The van der Waals surface area contributed by atoms with Crippen molar-refractivity contribution in [3.8, 4) is 0 Å². The SMILES string of the molecule is CC(O)CSc1nc2c(c(=O)[nH]c(=O)n2Cc2ccccc2)n1C. The molecule has 3 rings (SSSR count). The van der Waals surface area contributed by atoms with Crippen molar-refractivity contribution in [2.24, 2.45) is 7.05 Å². The van der Waals surface area contributed by atoms with Gasteiger partial charge in [0.25, 0.3) is 5.56 Å². The second kappa shape index (κ2) is 6.66. The summed E-state index contributed by atoms with van der Waals surface area (Å²) in [6, 6.07) is 9.52. The quantitative estimate of drug-likeness (QED) is 0.671. The molecule has 0 aliphatic carbocycles. The Morgan fingerprint density at radius 3 is 2.67 bits per heavy atom. The van der Waals surface area contributed by atoms with Gasteiger partial charge in [-0.15, -0.1) is 0 Å². The molecule has 24 heavy (non-hydrogen) atoms. The molecule has 0 bridgehead atoms. The first-order chi connectivity index (χ1) is 11.5. The Hall–Kier alpha value is -2.32. The lowest BCUT2D eigenvalue weighted by atomic mass is 10.2. The number of rotatable bonds is 5. The maximum absolute atomic E-state index is 12.3. The molecule has 0 amide bonds. The van der Waals surface area contributed by atoms with E-state index >= 15 is 0 Å². The first-order valence-electron chi connectivity index (χ1n) is 7.51. The van der Waals surface area contributed by atoms with Crippen LogP contribution in [0, 0.1) is 0 Å². The molecule has 0 radical (unpaired) electrons. The third-order valence-corrected chi connectivity index (χ3v) is 4.88. The molecule has 7 nitrogen and oxygen atoms in total. The van der Waals surface area contributed by atoms with Crippen LogP contribution in [-0.4, -0.2) is 36.1 Å². The standard InChI is InChI=1S/C16H18N4O3S/c1-10(21)9-24-16-17-13-12(19(16)2)14(22)18-15(23)20(13)8-11-6-4-3-5-7-11/h3-7,10,21H,8-9H2,1-2H3,(H,18,22,23). The van der Waals surface area contributed by atoms with Crippen molar-refractivity contribution in [2.75, 3.05) is 5.75 Å². The summed E-state index contributed by atoms with van der Waals surface area (Å²) in [5.41, 5.74) is 0.693. The van der Waals surface area contributed by atoms with Crippen LogP contribution in [0.15, 0.2) is 45.1 Å². The Morgan fingerprint density at radius 1 is 1.29 bits per heavy atom. The van der Waals surface area contributed by atoms with Gasteiger partial charge in [-0.25, -0.2) is 9.78 Å². The maximum Gasteiger partial charge on any atom is 0.330 e. The third kappa shape index (κ3) is 3.15. The van der Waals surface area contributed by atoms with Gasteiger partial charge in [0.05, 0.1) is 12.6 Å². The zero-order valence-corrected chi connectivity index (χ0v) is 14.2. The molecular weight excluding hydrogens is 328 g/mol. The van der Waals surface area contributed by atoms with E-state index in [1.165, 1.54) is 16.3 Å². The number of aromatic nitrogens is 4. The van der Waals surface area contributed by atoms with Crippen LogP contribution in [0.5, 0.6) is 0 Å². The summed E-state index contributed by atoms with van der Waals surface area (Å²) in [7, 11) is 1.73. The number of H-pyrrole nitrogens is 1. The van der Waals surface area contributed by atoms with Gasteiger partial charge in [0.2, 0.25) is 0 Å². The number of imidazole rings is 1. The molecule has 1 aromatic carbocycles. The van der Waals surface area contributed by atoms with Crippen LogP contribution < -0.4 is 11.2 Å². The van der Waals surface area contributed by atoms with Gasteiger partial charge in [0, 0.05) is 12.8 Å². The highest BCUT2D eigenvalue weighted by Gasteiger charge is 2.17. The van der Waals surface area contributed by atoms with Crippen LogP contribution in [0.2, 0.25) is 0 Å². The molecule has 0 spiro atoms. The summed E-state index contributed by atoms with van der Waals surface area (Å²) < 4.78 is 3.11. The summed E-state index contributed by atoms with van der Waals surface area (Å²) in [5, 5.41) is 10.0. The van der Waals surface area contributed by atoms with Gasteiger partial charge in [0.1, 0.15) is 0 Å². The second-order valence-electron chi connectivity index (χ2n) is 5.62. The van der Waals surface area contributed by atoms with Gasteiger partial charge >= 0.3 is 5.69 Å². The minimum atomic E-state index is -0.486. The number of hydrogen-bond donors (Lipinski definition) is 2. The van der Waals surface area contributed by atoms with E-state index in [9.17, 15) is 14.7 Å². The molecule has 2 aromatic heterocycles. The molecule has 1 atom stereocenters. The van der Waals surface area contributed by atoms with Gasteiger partial charge in [-0.2, -0.15) is 0 Å². The molecule has 0 aliphatic heterocycles. The van der Waals surface area contributed by atoms with Crippen molar-refractivity contribution in [3.63, 3.8) is 0 Å². The molecule has 3 aromatic rings. The van der Waals surface area contributed by atoms with Crippen molar-refractivity contribution < 1.29 is 5.11 Å². The molecule has 0 aliphatic rings. The number of aliphatic hydroxyl groups excluding tert-OH is 1. The van der Waals surface area contributed by atoms with E-state index < -0.39 is 17.4 Å². The van der Waals surface area contributed by atoms with Crippen LogP contribution in [0.25, 0.3) is 11.2 Å². The summed E-state index contributed by atoms with van der Waals surface area (Å²) >= 11 is 1.34. The third-order valence-electron chi connectivity index (χ3n) is 3.61. The first kappa shape index (κ1) is 16.5. The minimum Gasteiger partial charge on any atom is -0.393 e. The number of nitrogens with one attached hydrogen (secondary N) is 1. The van der Waals surface area contributed by atoms with Gasteiger partial charge in [-0.05, 0) is 12.5 Å². The molecule has 1 unspecified atom stereocenters. The van der Waals surface area contributed by atoms with E-state index in [1.54, 1.807) is 18.5 Å². The zero-order chi connectivity index (χ0) is 17.3. The van der Waals surface area contributed by atoms with Gasteiger partial charge < -0.3 is 9.67 Å². The lowest BCUT2D eigenvalue weighted by Gasteiger charge is -2.06. The first-order valence-corrected chi connectivity index (χ1v) is 8.50. The van der Waals surface area contributed by atoms with E-state index in [-0.39, 0.29) is 0 Å². The fourth-order valence-corrected chi connectivity index (χ4v) is 3.29. The summed E-state index contributed by atoms with van der Waals surface area (Å²) in [6.07, 6.45) is -0.486. The number of hydrogen-bond acceptors (Lipinski definition) is 5. The Balaban J connectivity index is 2.13. The average molecular weight is 346 g/mol. The number of nitrogens with zero attached hydrogens (tertiary/aromatic N) is 3. The van der Waals surface area contributed by atoms with E-state index in [0.717, 1.165) is 5.56 Å². The van der Waals surface area contributed by atoms with E-state index in [1.807, 2.05) is 30.3 Å². The van der Waals surface area contributed by atoms with E-state index in [4.69, 9.17) is 0 Å². The number of aliphatic hydroxyl groups is 1. The van der Waals surface area contributed by atoms with Crippen molar-refractivity contribution in [1.82, 2.24) is 19.1 Å². The van der Waals surface area contributed by atoms with Crippen LogP contribution >= 0.6 is 11.8 Å². The van der Waals surface area contributed by atoms with Gasteiger partial charge in [-0.3, -0.25) is 14.3 Å². The molecule has 0 saturated heterocycles. The predicted molar refractivity (Wildman–Crippen MR) is 93.5 cm³/mol. The van der Waals surface area contributed by atoms with Crippen LogP contribution in [-0.2, 0) is 13.6 Å². The Morgan fingerprint density at radius 2 is 2.00 bits per heavy atom. The van der Waals surface area contributed by atoms with Crippen molar-refractivity contribution >= 4 is 22.9 Å². The maximum atomic E-state index is 12.3. The number of aromatic amines is 1. The lowest BCUT2D eigenvalue weighted by molar-refractivity contribution is 0.220. The summed E-state index contributed by atoms with van der Waals surface area (Å²) in [6.45, 7) is 2.01. The fourth-order valence-electron chi connectivity index (χ4n) is 2.46. The highest BCUT2D eigenvalue weighted by atomic mass is 32.2. The molecule has 2 heterocycles. The molecular formula is C16H18N4O3S. The Kier molecular flexibility index (Phi) is 4.59. The minimum absolute atomic E-state index is 0.324. The Bertz CT molecular complexity index is 973. The predicted octanol–water partition coefficient (Wildman–Crippen LogP) is 0.944. The van der Waals surface area contributed by atoms with Crippen molar-refractivity contribution in [1.29, 1.82) is 0 Å². The van der Waals surface area contributed by atoms with Crippen LogP contribution in [0.3, 0.4) is 0 Å². The van der Waals surface area contributed by atoms with Crippen molar-refractivity contribution in [3.05, 3.63) is 56.7 Å². The summed E-state index contributed by atoms with van der Waals surface area (Å²) in [4.78, 5) is 31.3. The number of benzene rings is 1. The van der Waals surface area contributed by atoms with E-state index in [0.29, 0.717) is 28.6 Å². The summed E-state index contributed by atoms with van der Waals surface area (Å²) in [5.74, 6) is 0.456. The number of fused-ring (bicyclic) bond motifs is 1. The second-order valence-corrected chi connectivity index (χ2v) is 6.60. The number of thioether (sulfide) groups is 1. The normalized spacial score (nSPS) is 12.6. The molecule has 126 valence electrons. The Labute approximate surface area is 142 Å². The smallest absolute Gasteiger partial charge is 0.330 e. The van der Waals surface area contributed by atoms with Crippen LogP contribution in [0.1, 0.15) is 12.5 Å². The molecule has 8 heteroatoms. The monoisotopic (exact) mass is 346 g/mol. The molecule has 0 saturated carbocycles.